The van der Waals surface area contributed by atoms with Gasteiger partial charge in [0.2, 0.25) is 10.0 Å². The van der Waals surface area contributed by atoms with E-state index in [0.29, 0.717) is 0 Å². The summed E-state index contributed by atoms with van der Waals surface area (Å²) in [4.78, 5) is 10.1. The van der Waals surface area contributed by atoms with Gasteiger partial charge in [-0.1, -0.05) is 0 Å². The van der Waals surface area contributed by atoms with Crippen molar-refractivity contribution >= 4 is 32.2 Å². The number of benzene rings is 1. The molecule has 8 nitrogen and oxygen atoms in total. The first kappa shape index (κ1) is 17.5. The molecule has 21 heavy (non-hydrogen) atoms. The smallest absolute Gasteiger partial charge is 0.293 e. The van der Waals surface area contributed by atoms with Gasteiger partial charge in [0.25, 0.3) is 5.69 Å². The molecular formula is C11H17N3O5S2. The SMILES string of the molecule is CNc1ccc(S(=O)(=O)NC(C)CS(C)=O)cc1[N+](=O)[O-]. The summed E-state index contributed by atoms with van der Waals surface area (Å²) >= 11 is 0. The topological polar surface area (TPSA) is 118 Å². The number of anilines is 1. The van der Waals surface area contributed by atoms with Gasteiger partial charge in [0.15, 0.2) is 0 Å². The molecule has 0 fully saturated rings. The summed E-state index contributed by atoms with van der Waals surface area (Å²) in [5.41, 5.74) is -0.103. The van der Waals surface area contributed by atoms with E-state index in [1.807, 2.05) is 0 Å². The molecule has 0 saturated carbocycles. The van der Waals surface area contributed by atoms with E-state index < -0.39 is 31.8 Å². The molecule has 0 bridgehead atoms. The number of rotatable bonds is 7. The van der Waals surface area contributed by atoms with Gasteiger partial charge in [-0.25, -0.2) is 13.1 Å². The minimum atomic E-state index is -3.90. The zero-order chi connectivity index (χ0) is 16.2. The molecule has 0 heterocycles. The van der Waals surface area contributed by atoms with E-state index >= 15 is 0 Å². The first-order valence-electron chi connectivity index (χ1n) is 5.96. The van der Waals surface area contributed by atoms with E-state index in [1.54, 1.807) is 6.92 Å². The molecule has 2 atom stereocenters. The fourth-order valence-corrected chi connectivity index (χ4v) is 3.92. The lowest BCUT2D eigenvalue weighted by Gasteiger charge is -2.13. The minimum absolute atomic E-state index is 0.163. The van der Waals surface area contributed by atoms with Gasteiger partial charge >= 0.3 is 0 Å². The Morgan fingerprint density at radius 1 is 1.43 bits per heavy atom. The van der Waals surface area contributed by atoms with Gasteiger partial charge in [0.1, 0.15) is 5.69 Å². The molecule has 0 amide bonds. The number of sulfonamides is 1. The third-order valence-corrected chi connectivity index (χ3v) is 5.14. The van der Waals surface area contributed by atoms with Crippen molar-refractivity contribution in [2.75, 3.05) is 24.4 Å². The Morgan fingerprint density at radius 2 is 2.05 bits per heavy atom. The maximum Gasteiger partial charge on any atom is 0.293 e. The van der Waals surface area contributed by atoms with Crippen LogP contribution in [0.25, 0.3) is 0 Å². The molecule has 0 saturated heterocycles. The van der Waals surface area contributed by atoms with Crippen LogP contribution >= 0.6 is 0 Å². The highest BCUT2D eigenvalue weighted by Gasteiger charge is 2.22. The van der Waals surface area contributed by atoms with E-state index in [2.05, 4.69) is 10.0 Å². The average molecular weight is 335 g/mol. The zero-order valence-corrected chi connectivity index (χ0v) is 13.5. The predicted octanol–water partition coefficient (Wildman–Crippen LogP) is 0.682. The Bertz CT molecular complexity index is 660. The fourth-order valence-electron chi connectivity index (χ4n) is 1.76. The summed E-state index contributed by atoms with van der Waals surface area (Å²) in [6.07, 6.45) is 1.47. The highest BCUT2D eigenvalue weighted by atomic mass is 32.2. The summed E-state index contributed by atoms with van der Waals surface area (Å²) in [6, 6.07) is 3.06. The van der Waals surface area contributed by atoms with E-state index in [1.165, 1.54) is 25.4 Å². The molecule has 1 aromatic carbocycles. The highest BCUT2D eigenvalue weighted by Crippen LogP contribution is 2.27. The first-order valence-corrected chi connectivity index (χ1v) is 9.17. The van der Waals surface area contributed by atoms with Crippen LogP contribution in [0.3, 0.4) is 0 Å². The average Bonchev–Trinajstić information content (AvgIpc) is 2.35. The summed E-state index contributed by atoms with van der Waals surface area (Å²) in [7, 11) is -3.54. The second-order valence-corrected chi connectivity index (χ2v) is 7.64. The molecule has 1 rings (SSSR count). The Hall–Kier alpha value is -1.52. The summed E-state index contributed by atoms with van der Waals surface area (Å²) in [5, 5.41) is 13.6. The normalized spacial score (nSPS) is 14.4. The van der Waals surface area contributed by atoms with Crippen molar-refractivity contribution in [3.05, 3.63) is 28.3 Å². The molecular weight excluding hydrogens is 318 g/mol. The van der Waals surface area contributed by atoms with Gasteiger partial charge in [-0.2, -0.15) is 0 Å². The standard InChI is InChI=1S/C11H17N3O5S2/c1-8(7-20(3)17)13-21(18,19)9-4-5-10(12-2)11(6-9)14(15)16/h4-6,8,12-13H,7H2,1-3H3. The van der Waals surface area contributed by atoms with Gasteiger partial charge < -0.3 is 5.32 Å². The summed E-state index contributed by atoms with van der Waals surface area (Å²) in [6.45, 7) is 1.58. The molecule has 1 aromatic rings. The number of hydrogen-bond acceptors (Lipinski definition) is 6. The van der Waals surface area contributed by atoms with Gasteiger partial charge in [-0.15, -0.1) is 0 Å². The maximum atomic E-state index is 12.1. The Balaban J connectivity index is 3.12. The first-order chi connectivity index (χ1) is 9.67. The number of nitro groups is 1. The molecule has 118 valence electrons. The highest BCUT2D eigenvalue weighted by molar-refractivity contribution is 7.89. The van der Waals surface area contributed by atoms with Crippen LogP contribution in [0, 0.1) is 10.1 Å². The molecule has 0 aromatic heterocycles. The van der Waals surface area contributed by atoms with Crippen LogP contribution in [0.5, 0.6) is 0 Å². The molecule has 0 aliphatic rings. The number of hydrogen-bond donors (Lipinski definition) is 2. The van der Waals surface area contributed by atoms with E-state index in [9.17, 15) is 22.7 Å². The van der Waals surface area contributed by atoms with Crippen molar-refractivity contribution in [1.29, 1.82) is 0 Å². The molecule has 2 N–H and O–H groups in total. The lowest BCUT2D eigenvalue weighted by molar-refractivity contribution is -0.384. The van der Waals surface area contributed by atoms with Gasteiger partial charge in [0.05, 0.1) is 9.82 Å². The third kappa shape index (κ3) is 4.76. The van der Waals surface area contributed by atoms with Crippen LogP contribution in [-0.4, -0.2) is 42.6 Å². The van der Waals surface area contributed by atoms with Crippen molar-refractivity contribution < 1.29 is 17.6 Å². The third-order valence-electron chi connectivity index (χ3n) is 2.59. The second-order valence-electron chi connectivity index (χ2n) is 4.45. The lowest BCUT2D eigenvalue weighted by Crippen LogP contribution is -2.36. The Kier molecular flexibility index (Phi) is 5.81. The van der Waals surface area contributed by atoms with Crippen molar-refractivity contribution in [3.8, 4) is 0 Å². The number of nitrogens with zero attached hydrogens (tertiary/aromatic N) is 1. The van der Waals surface area contributed by atoms with Crippen LogP contribution in [0.4, 0.5) is 11.4 Å². The Morgan fingerprint density at radius 3 is 2.52 bits per heavy atom. The van der Waals surface area contributed by atoms with Crippen molar-refractivity contribution in [1.82, 2.24) is 4.72 Å². The maximum absolute atomic E-state index is 12.1. The molecule has 0 aliphatic carbocycles. The van der Waals surface area contributed by atoms with Gasteiger partial charge in [-0.05, 0) is 19.1 Å². The van der Waals surface area contributed by atoms with E-state index in [-0.39, 0.29) is 22.0 Å². The molecule has 10 heteroatoms. The van der Waals surface area contributed by atoms with Gasteiger partial charge in [0, 0.05) is 42.0 Å². The summed E-state index contributed by atoms with van der Waals surface area (Å²) in [5.74, 6) is 0.163. The second kappa shape index (κ2) is 6.96. The van der Waals surface area contributed by atoms with Crippen LogP contribution in [-0.2, 0) is 20.8 Å². The van der Waals surface area contributed by atoms with Crippen molar-refractivity contribution in [3.63, 3.8) is 0 Å². The van der Waals surface area contributed by atoms with Crippen LogP contribution in [0.2, 0.25) is 0 Å². The minimum Gasteiger partial charge on any atom is -0.383 e. The van der Waals surface area contributed by atoms with Crippen molar-refractivity contribution in [2.24, 2.45) is 0 Å². The van der Waals surface area contributed by atoms with Crippen molar-refractivity contribution in [2.45, 2.75) is 17.9 Å². The summed E-state index contributed by atoms with van der Waals surface area (Å²) < 4.78 is 37.7. The number of nitrogens with one attached hydrogen (secondary N) is 2. The zero-order valence-electron chi connectivity index (χ0n) is 11.8. The fraction of sp³-hybridized carbons (Fsp3) is 0.455. The van der Waals surface area contributed by atoms with E-state index in [0.717, 1.165) is 6.07 Å². The number of nitro benzene ring substituents is 1. The molecule has 0 radical (unpaired) electrons. The van der Waals surface area contributed by atoms with Crippen LogP contribution in [0.1, 0.15) is 6.92 Å². The largest absolute Gasteiger partial charge is 0.383 e. The van der Waals surface area contributed by atoms with E-state index in [4.69, 9.17) is 0 Å². The Labute approximate surface area is 125 Å². The molecule has 0 aliphatic heterocycles. The quantitative estimate of drug-likeness (QED) is 0.559. The molecule has 0 spiro atoms. The van der Waals surface area contributed by atoms with Crippen LogP contribution in [0.15, 0.2) is 23.1 Å². The lowest BCUT2D eigenvalue weighted by atomic mass is 10.3. The monoisotopic (exact) mass is 335 g/mol. The van der Waals surface area contributed by atoms with Crippen LogP contribution < -0.4 is 10.0 Å². The van der Waals surface area contributed by atoms with Gasteiger partial charge in [-0.3, -0.25) is 14.3 Å². The molecule has 2 unspecified atom stereocenters. The predicted molar refractivity (Wildman–Crippen MR) is 81.4 cm³/mol.